The van der Waals surface area contributed by atoms with Crippen molar-refractivity contribution in [3.63, 3.8) is 0 Å². The zero-order valence-corrected chi connectivity index (χ0v) is 11.8. The van der Waals surface area contributed by atoms with Crippen LogP contribution < -0.4 is 4.74 Å². The van der Waals surface area contributed by atoms with Crippen molar-refractivity contribution in [2.24, 2.45) is 0 Å². The normalized spacial score (nSPS) is 11.0. The van der Waals surface area contributed by atoms with Crippen molar-refractivity contribution < 1.29 is 9.53 Å². The summed E-state index contributed by atoms with van der Waals surface area (Å²) < 4.78 is 5.72. The molecule has 1 aromatic rings. The van der Waals surface area contributed by atoms with E-state index >= 15 is 0 Å². The minimum absolute atomic E-state index is 0.0433. The van der Waals surface area contributed by atoms with E-state index in [1.54, 1.807) is 13.0 Å². The van der Waals surface area contributed by atoms with Crippen LogP contribution in [0.15, 0.2) is 24.3 Å². The van der Waals surface area contributed by atoms with Crippen molar-refractivity contribution in [3.8, 4) is 5.75 Å². The van der Waals surface area contributed by atoms with Gasteiger partial charge in [0.1, 0.15) is 12.4 Å². The Bertz CT molecular complexity index is 388. The van der Waals surface area contributed by atoms with Crippen LogP contribution >= 0.6 is 0 Å². The first-order valence-electron chi connectivity index (χ1n) is 6.53. The fourth-order valence-corrected chi connectivity index (χ4v) is 1.94. The van der Waals surface area contributed by atoms with E-state index in [-0.39, 0.29) is 5.78 Å². The molecule has 0 heterocycles. The van der Waals surface area contributed by atoms with Crippen LogP contribution in [-0.2, 0) is 0 Å². The van der Waals surface area contributed by atoms with Crippen molar-refractivity contribution >= 4 is 5.78 Å². The fraction of sp³-hybridized carbons (Fsp3) is 0.533. The molecular weight excluding hydrogens is 226 g/mol. The summed E-state index contributed by atoms with van der Waals surface area (Å²) in [4.78, 5) is 13.8. The molecule has 0 aliphatic carbocycles. The second-order valence-corrected chi connectivity index (χ2v) is 4.62. The Morgan fingerprint density at radius 3 is 2.56 bits per heavy atom. The lowest BCUT2D eigenvalue weighted by molar-refractivity contribution is 0.101. The van der Waals surface area contributed by atoms with E-state index in [4.69, 9.17) is 4.74 Å². The van der Waals surface area contributed by atoms with Gasteiger partial charge in [-0.15, -0.1) is 0 Å². The molecule has 18 heavy (non-hydrogen) atoms. The molecule has 1 rings (SSSR count). The minimum atomic E-state index is 0.0433. The number of para-hydroxylation sites is 1. The lowest BCUT2D eigenvalue weighted by Crippen LogP contribution is -2.34. The van der Waals surface area contributed by atoms with Crippen molar-refractivity contribution in [2.45, 2.75) is 33.7 Å². The van der Waals surface area contributed by atoms with E-state index in [9.17, 15) is 4.79 Å². The third-order valence-corrected chi connectivity index (χ3v) is 3.04. The van der Waals surface area contributed by atoms with Gasteiger partial charge in [0.2, 0.25) is 0 Å². The minimum Gasteiger partial charge on any atom is -0.491 e. The van der Waals surface area contributed by atoms with Gasteiger partial charge in [0.15, 0.2) is 5.78 Å². The van der Waals surface area contributed by atoms with Crippen molar-refractivity contribution in [2.75, 3.05) is 19.7 Å². The number of ether oxygens (including phenoxy) is 1. The summed E-state index contributed by atoms with van der Waals surface area (Å²) in [5, 5.41) is 0. The monoisotopic (exact) mass is 249 g/mol. The molecule has 100 valence electrons. The van der Waals surface area contributed by atoms with Crippen LogP contribution in [0.25, 0.3) is 0 Å². The number of carbonyl (C=O) groups is 1. The molecule has 0 aromatic heterocycles. The highest BCUT2D eigenvalue weighted by Gasteiger charge is 2.09. The predicted molar refractivity (Wildman–Crippen MR) is 74.3 cm³/mol. The molecule has 0 saturated heterocycles. The first-order chi connectivity index (χ1) is 8.56. The zero-order valence-electron chi connectivity index (χ0n) is 11.8. The van der Waals surface area contributed by atoms with Crippen LogP contribution in [0.3, 0.4) is 0 Å². The van der Waals surface area contributed by atoms with Gasteiger partial charge in [-0.1, -0.05) is 19.1 Å². The summed E-state index contributed by atoms with van der Waals surface area (Å²) in [7, 11) is 0. The summed E-state index contributed by atoms with van der Waals surface area (Å²) in [6.07, 6.45) is 0. The van der Waals surface area contributed by atoms with Crippen LogP contribution in [0.5, 0.6) is 5.75 Å². The summed E-state index contributed by atoms with van der Waals surface area (Å²) in [6.45, 7) is 10.5. The number of nitrogens with zero attached hydrogens (tertiary/aromatic N) is 1. The van der Waals surface area contributed by atoms with Crippen LogP contribution in [0.2, 0.25) is 0 Å². The Kier molecular flexibility index (Phi) is 5.86. The van der Waals surface area contributed by atoms with Gasteiger partial charge >= 0.3 is 0 Å². The Morgan fingerprint density at radius 1 is 1.33 bits per heavy atom. The molecule has 0 bridgehead atoms. The molecule has 0 unspecified atom stereocenters. The number of benzene rings is 1. The number of rotatable bonds is 7. The van der Waals surface area contributed by atoms with Gasteiger partial charge in [0.25, 0.3) is 0 Å². The summed E-state index contributed by atoms with van der Waals surface area (Å²) in [5.74, 6) is 0.728. The number of hydrogen-bond donors (Lipinski definition) is 0. The number of ketones is 1. The van der Waals surface area contributed by atoms with Crippen molar-refractivity contribution in [1.29, 1.82) is 0 Å². The Balaban J connectivity index is 2.56. The summed E-state index contributed by atoms with van der Waals surface area (Å²) >= 11 is 0. The lowest BCUT2D eigenvalue weighted by atomic mass is 10.1. The van der Waals surface area contributed by atoms with Gasteiger partial charge in [-0.2, -0.15) is 0 Å². The van der Waals surface area contributed by atoms with Gasteiger partial charge in [0.05, 0.1) is 5.56 Å². The van der Waals surface area contributed by atoms with E-state index in [1.807, 2.05) is 18.2 Å². The fourth-order valence-electron chi connectivity index (χ4n) is 1.94. The smallest absolute Gasteiger partial charge is 0.163 e. The average molecular weight is 249 g/mol. The van der Waals surface area contributed by atoms with Gasteiger partial charge < -0.3 is 4.74 Å². The summed E-state index contributed by atoms with van der Waals surface area (Å²) in [5.41, 5.74) is 0.657. The van der Waals surface area contributed by atoms with E-state index in [2.05, 4.69) is 25.7 Å². The molecule has 3 nitrogen and oxygen atoms in total. The van der Waals surface area contributed by atoms with Crippen LogP contribution in [0.4, 0.5) is 0 Å². The molecule has 0 spiro atoms. The number of Topliss-reactive ketones (excluding diaryl/α,β-unsaturated/α-hetero) is 1. The molecule has 0 N–H and O–H groups in total. The predicted octanol–water partition coefficient (Wildman–Crippen LogP) is 3.00. The van der Waals surface area contributed by atoms with Gasteiger partial charge in [-0.05, 0) is 39.4 Å². The van der Waals surface area contributed by atoms with Crippen molar-refractivity contribution in [3.05, 3.63) is 29.8 Å². The second-order valence-electron chi connectivity index (χ2n) is 4.62. The Hall–Kier alpha value is -1.35. The highest BCUT2D eigenvalue weighted by molar-refractivity contribution is 5.96. The molecular formula is C15H23NO2. The third-order valence-electron chi connectivity index (χ3n) is 3.04. The van der Waals surface area contributed by atoms with Gasteiger partial charge in [0, 0.05) is 12.6 Å². The van der Waals surface area contributed by atoms with E-state index in [1.165, 1.54) is 0 Å². The molecule has 0 aliphatic heterocycles. The summed E-state index contributed by atoms with van der Waals surface area (Å²) in [6, 6.07) is 7.92. The molecule has 1 aromatic carbocycles. The highest BCUT2D eigenvalue weighted by Crippen LogP contribution is 2.18. The molecule has 0 radical (unpaired) electrons. The van der Waals surface area contributed by atoms with E-state index in [0.717, 1.165) is 13.1 Å². The number of hydrogen-bond acceptors (Lipinski definition) is 3. The first-order valence-corrected chi connectivity index (χ1v) is 6.53. The molecule has 3 heteroatoms. The van der Waals surface area contributed by atoms with Gasteiger partial charge in [-0.25, -0.2) is 0 Å². The molecule has 0 aliphatic rings. The van der Waals surface area contributed by atoms with Crippen LogP contribution in [0.1, 0.15) is 38.1 Å². The zero-order chi connectivity index (χ0) is 13.5. The Morgan fingerprint density at radius 2 is 2.00 bits per heavy atom. The maximum Gasteiger partial charge on any atom is 0.163 e. The molecule has 0 amide bonds. The maximum atomic E-state index is 11.4. The SMILES string of the molecule is CCN(CCOc1ccccc1C(C)=O)C(C)C. The van der Waals surface area contributed by atoms with Crippen LogP contribution in [-0.4, -0.2) is 36.4 Å². The largest absolute Gasteiger partial charge is 0.491 e. The van der Waals surface area contributed by atoms with Crippen molar-refractivity contribution in [1.82, 2.24) is 4.90 Å². The number of likely N-dealkylation sites (N-methyl/N-ethyl adjacent to an activating group) is 1. The molecule has 0 atom stereocenters. The standard InChI is InChI=1S/C15H23NO2/c1-5-16(12(2)3)10-11-18-15-9-7-6-8-14(15)13(4)17/h6-9,12H,5,10-11H2,1-4H3. The Labute approximate surface area is 110 Å². The molecule has 0 fully saturated rings. The van der Waals surface area contributed by atoms with Crippen LogP contribution in [0, 0.1) is 0 Å². The van der Waals surface area contributed by atoms with E-state index < -0.39 is 0 Å². The molecule has 0 saturated carbocycles. The highest BCUT2D eigenvalue weighted by atomic mass is 16.5. The lowest BCUT2D eigenvalue weighted by Gasteiger charge is -2.24. The maximum absolute atomic E-state index is 11.4. The number of carbonyl (C=O) groups excluding carboxylic acids is 1. The first kappa shape index (κ1) is 14.7. The second kappa shape index (κ2) is 7.17. The quantitative estimate of drug-likeness (QED) is 0.696. The third kappa shape index (κ3) is 4.15. The van der Waals surface area contributed by atoms with E-state index in [0.29, 0.717) is 24.0 Å². The van der Waals surface area contributed by atoms with Gasteiger partial charge in [-0.3, -0.25) is 9.69 Å². The topological polar surface area (TPSA) is 29.5 Å². The average Bonchev–Trinajstić information content (AvgIpc) is 2.34.